The number of imidazole rings is 1. The van der Waals surface area contributed by atoms with Gasteiger partial charge in [-0.1, -0.05) is 0 Å². The van der Waals surface area contributed by atoms with Gasteiger partial charge >= 0.3 is 0 Å². The zero-order valence-corrected chi connectivity index (χ0v) is 13.6. The number of fused-ring (bicyclic) bond motifs is 1. The van der Waals surface area contributed by atoms with Crippen molar-refractivity contribution >= 4 is 11.6 Å². The molecule has 25 heavy (non-hydrogen) atoms. The predicted octanol–water partition coefficient (Wildman–Crippen LogP) is 2.31. The van der Waals surface area contributed by atoms with Crippen LogP contribution in [0, 0.1) is 0 Å². The van der Waals surface area contributed by atoms with Crippen LogP contribution < -0.4 is 10.1 Å². The van der Waals surface area contributed by atoms with Crippen LogP contribution in [0.1, 0.15) is 23.2 Å². The molecule has 0 spiro atoms. The lowest BCUT2D eigenvalue weighted by atomic mass is 10.1. The minimum atomic E-state index is -0.341. The predicted molar refractivity (Wildman–Crippen MR) is 91.0 cm³/mol. The van der Waals surface area contributed by atoms with E-state index >= 15 is 0 Å². The van der Waals surface area contributed by atoms with Gasteiger partial charge in [0.15, 0.2) is 0 Å². The van der Waals surface area contributed by atoms with Crippen LogP contribution in [0.3, 0.4) is 0 Å². The molecule has 1 aliphatic carbocycles. The maximum absolute atomic E-state index is 12.3. The summed E-state index contributed by atoms with van der Waals surface area (Å²) in [6.07, 6.45) is 5.24. The summed E-state index contributed by atoms with van der Waals surface area (Å²) in [4.78, 5) is 16.6. The first kappa shape index (κ1) is 15.3. The number of benzene rings is 1. The quantitative estimate of drug-likeness (QED) is 0.678. The SMILES string of the molecule is COc1cc(-c2cnc3cc(O)ccn23)cc(O)c1C(=O)NC1CC1. The van der Waals surface area contributed by atoms with Crippen LogP contribution in [-0.2, 0) is 0 Å². The third-order valence-corrected chi connectivity index (χ3v) is 4.23. The van der Waals surface area contributed by atoms with Crippen LogP contribution in [-0.4, -0.2) is 38.7 Å². The number of nitrogens with zero attached hydrogens (tertiary/aromatic N) is 2. The van der Waals surface area contributed by atoms with Crippen molar-refractivity contribution in [2.45, 2.75) is 18.9 Å². The number of aromatic hydroxyl groups is 2. The third kappa shape index (κ3) is 2.73. The maximum Gasteiger partial charge on any atom is 0.259 e. The van der Waals surface area contributed by atoms with Gasteiger partial charge < -0.3 is 20.3 Å². The Hall–Kier alpha value is -3.22. The van der Waals surface area contributed by atoms with E-state index in [2.05, 4.69) is 10.3 Å². The molecular weight excluding hydrogens is 322 g/mol. The largest absolute Gasteiger partial charge is 0.508 e. The summed E-state index contributed by atoms with van der Waals surface area (Å²) in [6.45, 7) is 0. The fourth-order valence-corrected chi connectivity index (χ4v) is 2.81. The third-order valence-electron chi connectivity index (χ3n) is 4.23. The van der Waals surface area contributed by atoms with E-state index in [1.54, 1.807) is 28.9 Å². The standard InChI is InChI=1S/C18H17N3O4/c1-25-15-7-10(6-14(23)17(15)18(24)20-11-2-3-11)13-9-19-16-8-12(22)4-5-21(13)16/h4-9,11,22-23H,2-3H2,1H3,(H,20,24). The van der Waals surface area contributed by atoms with Crippen molar-refractivity contribution in [3.05, 3.63) is 42.2 Å². The van der Waals surface area contributed by atoms with E-state index < -0.39 is 0 Å². The number of methoxy groups -OCH3 is 1. The summed E-state index contributed by atoms with van der Waals surface area (Å²) in [5, 5.41) is 22.8. The molecule has 0 bridgehead atoms. The van der Waals surface area contributed by atoms with E-state index in [0.717, 1.165) is 12.8 Å². The summed E-state index contributed by atoms with van der Waals surface area (Å²) in [7, 11) is 1.46. The molecule has 2 aromatic heterocycles. The maximum atomic E-state index is 12.3. The average molecular weight is 339 g/mol. The molecule has 0 atom stereocenters. The van der Waals surface area contributed by atoms with Gasteiger partial charge in [0.2, 0.25) is 0 Å². The molecule has 0 unspecified atom stereocenters. The second-order valence-corrected chi connectivity index (χ2v) is 6.08. The van der Waals surface area contributed by atoms with Gasteiger partial charge in [0, 0.05) is 23.9 Å². The van der Waals surface area contributed by atoms with Gasteiger partial charge in [-0.15, -0.1) is 0 Å². The highest BCUT2D eigenvalue weighted by Gasteiger charge is 2.27. The molecule has 1 aromatic carbocycles. The molecule has 1 aliphatic rings. The molecule has 1 fully saturated rings. The molecular formula is C18H17N3O4. The Balaban J connectivity index is 1.79. The van der Waals surface area contributed by atoms with Crippen LogP contribution >= 0.6 is 0 Å². The molecule has 0 saturated heterocycles. The zero-order chi connectivity index (χ0) is 17.6. The lowest BCUT2D eigenvalue weighted by molar-refractivity contribution is 0.0945. The van der Waals surface area contributed by atoms with Crippen molar-refractivity contribution in [1.29, 1.82) is 0 Å². The number of carbonyl (C=O) groups excluding carboxylic acids is 1. The molecule has 128 valence electrons. The Labute approximate surface area is 143 Å². The lowest BCUT2D eigenvalue weighted by Crippen LogP contribution is -2.26. The number of hydrogen-bond donors (Lipinski definition) is 3. The second-order valence-electron chi connectivity index (χ2n) is 6.08. The number of aromatic nitrogens is 2. The summed E-state index contributed by atoms with van der Waals surface area (Å²) in [5.41, 5.74) is 2.06. The van der Waals surface area contributed by atoms with Crippen molar-refractivity contribution in [3.8, 4) is 28.5 Å². The fourth-order valence-electron chi connectivity index (χ4n) is 2.81. The van der Waals surface area contributed by atoms with Gasteiger partial charge in [0.25, 0.3) is 5.91 Å². The first-order chi connectivity index (χ1) is 12.1. The van der Waals surface area contributed by atoms with Crippen LogP contribution in [0.5, 0.6) is 17.2 Å². The summed E-state index contributed by atoms with van der Waals surface area (Å²) >= 11 is 0. The highest BCUT2D eigenvalue weighted by Crippen LogP contribution is 2.35. The second kappa shape index (κ2) is 5.70. The molecule has 3 aromatic rings. The summed E-state index contributed by atoms with van der Waals surface area (Å²) < 4.78 is 7.10. The lowest BCUT2D eigenvalue weighted by Gasteiger charge is -2.13. The van der Waals surface area contributed by atoms with Gasteiger partial charge in [0.1, 0.15) is 28.5 Å². The van der Waals surface area contributed by atoms with Crippen molar-refractivity contribution in [1.82, 2.24) is 14.7 Å². The van der Waals surface area contributed by atoms with E-state index in [1.165, 1.54) is 19.2 Å². The van der Waals surface area contributed by atoms with Crippen LogP contribution in [0.25, 0.3) is 16.9 Å². The van der Waals surface area contributed by atoms with E-state index in [1.807, 2.05) is 0 Å². The normalized spacial score (nSPS) is 13.8. The molecule has 2 heterocycles. The van der Waals surface area contributed by atoms with E-state index in [0.29, 0.717) is 22.7 Å². The fraction of sp³-hybridized carbons (Fsp3) is 0.222. The number of ether oxygens (including phenoxy) is 1. The molecule has 3 N–H and O–H groups in total. The first-order valence-electron chi connectivity index (χ1n) is 7.95. The monoisotopic (exact) mass is 339 g/mol. The number of carbonyl (C=O) groups is 1. The number of phenolic OH excluding ortho intramolecular Hbond substituents is 1. The Kier molecular flexibility index (Phi) is 3.49. The number of hydrogen-bond acceptors (Lipinski definition) is 5. The van der Waals surface area contributed by atoms with E-state index in [4.69, 9.17) is 4.74 Å². The molecule has 7 heteroatoms. The Morgan fingerprint density at radius 2 is 2.12 bits per heavy atom. The molecule has 7 nitrogen and oxygen atoms in total. The zero-order valence-electron chi connectivity index (χ0n) is 13.6. The van der Waals surface area contributed by atoms with Gasteiger partial charge in [-0.3, -0.25) is 9.20 Å². The molecule has 0 radical (unpaired) electrons. The number of amides is 1. The summed E-state index contributed by atoms with van der Waals surface area (Å²) in [5.74, 6) is -0.0771. The van der Waals surface area contributed by atoms with E-state index in [-0.39, 0.29) is 29.0 Å². The van der Waals surface area contributed by atoms with Crippen molar-refractivity contribution in [2.24, 2.45) is 0 Å². The molecule has 1 saturated carbocycles. The number of phenols is 1. The Morgan fingerprint density at radius 3 is 2.84 bits per heavy atom. The van der Waals surface area contributed by atoms with Crippen molar-refractivity contribution in [3.63, 3.8) is 0 Å². The number of pyridine rings is 1. The number of rotatable bonds is 4. The van der Waals surface area contributed by atoms with Gasteiger partial charge in [-0.2, -0.15) is 0 Å². The van der Waals surface area contributed by atoms with Crippen molar-refractivity contribution < 1.29 is 19.7 Å². The van der Waals surface area contributed by atoms with Gasteiger partial charge in [0.05, 0.1) is 19.0 Å². The highest BCUT2D eigenvalue weighted by atomic mass is 16.5. The first-order valence-corrected chi connectivity index (χ1v) is 7.95. The number of nitrogens with one attached hydrogen (secondary N) is 1. The van der Waals surface area contributed by atoms with Crippen LogP contribution in [0.4, 0.5) is 0 Å². The minimum Gasteiger partial charge on any atom is -0.508 e. The highest BCUT2D eigenvalue weighted by molar-refractivity contribution is 6.00. The molecule has 0 aliphatic heterocycles. The van der Waals surface area contributed by atoms with E-state index in [9.17, 15) is 15.0 Å². The average Bonchev–Trinajstić information content (AvgIpc) is 3.30. The molecule has 4 rings (SSSR count). The topological polar surface area (TPSA) is 96.1 Å². The smallest absolute Gasteiger partial charge is 0.259 e. The van der Waals surface area contributed by atoms with Gasteiger partial charge in [-0.05, 0) is 31.0 Å². The van der Waals surface area contributed by atoms with Crippen LogP contribution in [0.15, 0.2) is 36.7 Å². The Bertz CT molecular complexity index is 976. The molecule has 1 amide bonds. The van der Waals surface area contributed by atoms with Crippen LogP contribution in [0.2, 0.25) is 0 Å². The van der Waals surface area contributed by atoms with Crippen molar-refractivity contribution in [2.75, 3.05) is 7.11 Å². The minimum absolute atomic E-state index is 0.122. The van der Waals surface area contributed by atoms with Gasteiger partial charge in [-0.25, -0.2) is 4.98 Å². The summed E-state index contributed by atoms with van der Waals surface area (Å²) in [6, 6.07) is 6.48. The Morgan fingerprint density at radius 1 is 1.32 bits per heavy atom.